The number of methoxy groups -OCH3 is 1. The van der Waals surface area contributed by atoms with Gasteiger partial charge in [-0.15, -0.1) is 0 Å². The van der Waals surface area contributed by atoms with Gasteiger partial charge in [-0.05, 0) is 43.0 Å². The molecule has 0 aliphatic rings. The minimum absolute atomic E-state index is 0.491. The predicted molar refractivity (Wildman–Crippen MR) is 72.1 cm³/mol. The van der Waals surface area contributed by atoms with Gasteiger partial charge in [0.2, 0.25) is 0 Å². The SMILES string of the molecule is COc1cc(C(C)O)ccc1OCCCSC. The van der Waals surface area contributed by atoms with E-state index >= 15 is 0 Å². The van der Waals surface area contributed by atoms with E-state index in [0.717, 1.165) is 23.5 Å². The Labute approximate surface area is 107 Å². The van der Waals surface area contributed by atoms with E-state index in [4.69, 9.17) is 9.47 Å². The van der Waals surface area contributed by atoms with Gasteiger partial charge >= 0.3 is 0 Å². The highest BCUT2D eigenvalue weighted by Crippen LogP contribution is 2.30. The summed E-state index contributed by atoms with van der Waals surface area (Å²) in [6, 6.07) is 5.52. The Balaban J connectivity index is 2.65. The van der Waals surface area contributed by atoms with Crippen molar-refractivity contribution < 1.29 is 14.6 Å². The molecular weight excluding hydrogens is 236 g/mol. The monoisotopic (exact) mass is 256 g/mol. The van der Waals surface area contributed by atoms with Crippen LogP contribution in [-0.2, 0) is 0 Å². The van der Waals surface area contributed by atoms with Crippen LogP contribution in [0.5, 0.6) is 11.5 Å². The van der Waals surface area contributed by atoms with E-state index in [9.17, 15) is 5.11 Å². The van der Waals surface area contributed by atoms with E-state index in [1.807, 2.05) is 30.0 Å². The van der Waals surface area contributed by atoms with Gasteiger partial charge in [0.25, 0.3) is 0 Å². The summed E-state index contributed by atoms with van der Waals surface area (Å²) >= 11 is 1.81. The molecule has 0 saturated carbocycles. The molecule has 3 nitrogen and oxygen atoms in total. The first-order valence-corrected chi connectivity index (χ1v) is 7.06. The molecule has 0 bridgehead atoms. The molecule has 0 saturated heterocycles. The lowest BCUT2D eigenvalue weighted by atomic mass is 10.1. The van der Waals surface area contributed by atoms with E-state index in [1.54, 1.807) is 14.0 Å². The lowest BCUT2D eigenvalue weighted by Crippen LogP contribution is -2.01. The Hall–Kier alpha value is -0.870. The lowest BCUT2D eigenvalue weighted by Gasteiger charge is -2.13. The van der Waals surface area contributed by atoms with Crippen LogP contribution in [0, 0.1) is 0 Å². The van der Waals surface area contributed by atoms with Crippen molar-refractivity contribution in [2.75, 3.05) is 25.7 Å². The zero-order valence-corrected chi connectivity index (χ0v) is 11.4. The number of aliphatic hydroxyl groups is 1. The Bertz CT molecular complexity index is 339. The smallest absolute Gasteiger partial charge is 0.161 e. The summed E-state index contributed by atoms with van der Waals surface area (Å²) in [5, 5.41) is 9.48. The number of aliphatic hydroxyl groups excluding tert-OH is 1. The number of benzene rings is 1. The van der Waals surface area contributed by atoms with Crippen molar-refractivity contribution in [1.29, 1.82) is 0 Å². The Morgan fingerprint density at radius 2 is 2.12 bits per heavy atom. The van der Waals surface area contributed by atoms with Crippen LogP contribution < -0.4 is 9.47 Å². The summed E-state index contributed by atoms with van der Waals surface area (Å²) < 4.78 is 10.9. The molecule has 0 aliphatic carbocycles. The van der Waals surface area contributed by atoms with E-state index in [-0.39, 0.29) is 0 Å². The Morgan fingerprint density at radius 1 is 1.35 bits per heavy atom. The second kappa shape index (κ2) is 7.45. The third kappa shape index (κ3) is 4.48. The van der Waals surface area contributed by atoms with E-state index in [0.29, 0.717) is 12.4 Å². The van der Waals surface area contributed by atoms with Crippen LogP contribution in [0.2, 0.25) is 0 Å². The molecule has 1 atom stereocenters. The van der Waals surface area contributed by atoms with Crippen molar-refractivity contribution in [2.24, 2.45) is 0 Å². The summed E-state index contributed by atoms with van der Waals surface area (Å²) in [7, 11) is 1.61. The third-order valence-corrected chi connectivity index (χ3v) is 3.12. The summed E-state index contributed by atoms with van der Waals surface area (Å²) in [5.74, 6) is 2.50. The molecule has 0 spiro atoms. The highest BCUT2D eigenvalue weighted by atomic mass is 32.2. The van der Waals surface area contributed by atoms with Crippen LogP contribution in [0.4, 0.5) is 0 Å². The van der Waals surface area contributed by atoms with Crippen molar-refractivity contribution in [2.45, 2.75) is 19.4 Å². The molecule has 0 fully saturated rings. The predicted octanol–water partition coefficient (Wildman–Crippen LogP) is 2.88. The summed E-state index contributed by atoms with van der Waals surface area (Å²) in [6.07, 6.45) is 2.61. The Kier molecular flexibility index (Phi) is 6.22. The maximum Gasteiger partial charge on any atom is 0.161 e. The van der Waals surface area contributed by atoms with Crippen molar-refractivity contribution >= 4 is 11.8 Å². The minimum Gasteiger partial charge on any atom is -0.493 e. The van der Waals surface area contributed by atoms with Crippen molar-refractivity contribution in [3.05, 3.63) is 23.8 Å². The van der Waals surface area contributed by atoms with Crippen LogP contribution in [0.3, 0.4) is 0 Å². The topological polar surface area (TPSA) is 38.7 Å². The molecule has 1 unspecified atom stereocenters. The van der Waals surface area contributed by atoms with Crippen molar-refractivity contribution in [1.82, 2.24) is 0 Å². The molecule has 96 valence electrons. The average molecular weight is 256 g/mol. The van der Waals surface area contributed by atoms with Gasteiger partial charge in [0.15, 0.2) is 11.5 Å². The molecule has 1 aromatic carbocycles. The van der Waals surface area contributed by atoms with Gasteiger partial charge in [-0.1, -0.05) is 6.07 Å². The van der Waals surface area contributed by atoms with Crippen LogP contribution >= 0.6 is 11.8 Å². The standard InChI is InChI=1S/C13H20O3S/c1-10(14)11-5-6-12(13(9-11)15-2)16-7-4-8-17-3/h5-6,9-10,14H,4,7-8H2,1-3H3. The molecule has 0 aliphatic heterocycles. The molecule has 17 heavy (non-hydrogen) atoms. The highest BCUT2D eigenvalue weighted by Gasteiger charge is 2.08. The quantitative estimate of drug-likeness (QED) is 0.761. The minimum atomic E-state index is -0.491. The second-order valence-electron chi connectivity index (χ2n) is 3.78. The molecule has 0 heterocycles. The van der Waals surface area contributed by atoms with Gasteiger partial charge in [0.05, 0.1) is 19.8 Å². The van der Waals surface area contributed by atoms with Gasteiger partial charge in [-0.2, -0.15) is 11.8 Å². The van der Waals surface area contributed by atoms with Gasteiger partial charge < -0.3 is 14.6 Å². The first-order valence-electron chi connectivity index (χ1n) is 5.66. The molecule has 1 rings (SSSR count). The maximum atomic E-state index is 9.48. The van der Waals surface area contributed by atoms with Crippen molar-refractivity contribution in [3.63, 3.8) is 0 Å². The first-order chi connectivity index (χ1) is 8.19. The third-order valence-electron chi connectivity index (χ3n) is 2.42. The Morgan fingerprint density at radius 3 is 2.71 bits per heavy atom. The molecule has 1 N–H and O–H groups in total. The van der Waals surface area contributed by atoms with Crippen LogP contribution in [-0.4, -0.2) is 30.8 Å². The maximum absolute atomic E-state index is 9.48. The molecule has 4 heteroatoms. The van der Waals surface area contributed by atoms with E-state index < -0.39 is 6.10 Å². The van der Waals surface area contributed by atoms with Gasteiger partial charge in [0, 0.05) is 0 Å². The fraction of sp³-hybridized carbons (Fsp3) is 0.538. The fourth-order valence-corrected chi connectivity index (χ4v) is 1.86. The number of ether oxygens (including phenoxy) is 2. The van der Waals surface area contributed by atoms with Crippen molar-refractivity contribution in [3.8, 4) is 11.5 Å². The molecule has 0 amide bonds. The zero-order valence-electron chi connectivity index (χ0n) is 10.6. The summed E-state index contributed by atoms with van der Waals surface area (Å²) in [6.45, 7) is 2.42. The number of rotatable bonds is 7. The largest absolute Gasteiger partial charge is 0.493 e. The van der Waals surface area contributed by atoms with Gasteiger partial charge in [-0.25, -0.2) is 0 Å². The number of hydrogen-bond acceptors (Lipinski definition) is 4. The first kappa shape index (κ1) is 14.2. The average Bonchev–Trinajstić information content (AvgIpc) is 2.34. The molecular formula is C13H20O3S. The summed E-state index contributed by atoms with van der Waals surface area (Å²) in [5.41, 5.74) is 0.832. The number of hydrogen-bond donors (Lipinski definition) is 1. The second-order valence-corrected chi connectivity index (χ2v) is 4.77. The van der Waals surface area contributed by atoms with E-state index in [2.05, 4.69) is 6.26 Å². The van der Waals surface area contributed by atoms with Gasteiger partial charge in [-0.3, -0.25) is 0 Å². The van der Waals surface area contributed by atoms with Crippen LogP contribution in [0.25, 0.3) is 0 Å². The summed E-state index contributed by atoms with van der Waals surface area (Å²) in [4.78, 5) is 0. The van der Waals surface area contributed by atoms with Crippen LogP contribution in [0.1, 0.15) is 25.0 Å². The lowest BCUT2D eigenvalue weighted by molar-refractivity contribution is 0.198. The zero-order chi connectivity index (χ0) is 12.7. The molecule has 0 radical (unpaired) electrons. The normalized spacial score (nSPS) is 12.2. The highest BCUT2D eigenvalue weighted by molar-refractivity contribution is 7.98. The molecule has 1 aromatic rings. The fourth-order valence-electron chi connectivity index (χ4n) is 1.45. The van der Waals surface area contributed by atoms with Gasteiger partial charge in [0.1, 0.15) is 0 Å². The van der Waals surface area contributed by atoms with E-state index in [1.165, 1.54) is 0 Å². The van der Waals surface area contributed by atoms with Crippen LogP contribution in [0.15, 0.2) is 18.2 Å². The molecule has 0 aromatic heterocycles. The number of thioether (sulfide) groups is 1.